The molecule has 0 radical (unpaired) electrons. The van der Waals surface area contributed by atoms with E-state index < -0.39 is 12.2 Å². The number of ether oxygens (including phenoxy) is 2. The van der Waals surface area contributed by atoms with E-state index >= 15 is 0 Å². The highest BCUT2D eigenvalue weighted by Crippen LogP contribution is 2.27. The summed E-state index contributed by atoms with van der Waals surface area (Å²) in [5, 5.41) is 29.8. The Morgan fingerprint density at radius 1 is 1.14 bits per heavy atom. The lowest BCUT2D eigenvalue weighted by Gasteiger charge is -2.14. The highest BCUT2D eigenvalue weighted by molar-refractivity contribution is 5.35. The molecule has 0 saturated carbocycles. The quantitative estimate of drug-likeness (QED) is 0.515. The summed E-state index contributed by atoms with van der Waals surface area (Å²) in [5.41, 5.74) is 5.14. The van der Waals surface area contributed by atoms with Gasteiger partial charge in [0, 0.05) is 31.7 Å². The number of nitrogens with zero attached hydrogens (tertiary/aromatic N) is 1. The molecule has 0 aliphatic carbocycles. The lowest BCUT2D eigenvalue weighted by molar-refractivity contribution is 0.160. The predicted octanol–water partition coefficient (Wildman–Crippen LogP) is 2.73. The van der Waals surface area contributed by atoms with Crippen molar-refractivity contribution in [2.24, 2.45) is 0 Å². The first-order chi connectivity index (χ1) is 13.7. The molecule has 0 bridgehead atoms. The first-order valence-electron chi connectivity index (χ1n) is 9.17. The third kappa shape index (κ3) is 6.93. The number of aromatic nitrogens is 1. The maximum atomic E-state index is 10.5. The van der Waals surface area contributed by atoms with E-state index in [9.17, 15) is 10.2 Å². The Hall–Kier alpha value is -2.47. The molecule has 6 nitrogen and oxygen atoms in total. The molecular formula is C22H27NO5. The van der Waals surface area contributed by atoms with Crippen molar-refractivity contribution in [1.29, 1.82) is 0 Å². The molecule has 6 heteroatoms. The normalized spacial score (nSPS) is 12.7. The summed E-state index contributed by atoms with van der Waals surface area (Å²) in [6.45, 7) is 0.404. The first kappa shape index (κ1) is 21.8. The van der Waals surface area contributed by atoms with Crippen LogP contribution in [0.3, 0.4) is 0 Å². The standard InChI is InChI=1S/C22H27NO5/c1-27-16-17(15-21(26)19-9-4-5-12-23-19)7-6-10-20(25)18-8-2-3-11-22(18)28-14-13-24/h2-6,8-9,11-12,20-21,24-26H,10,13-16H2,1H3/t7?,20-,21-/m0/s1. The Kier molecular flexibility index (Phi) is 9.42. The van der Waals surface area contributed by atoms with Crippen LogP contribution in [0.15, 0.2) is 66.0 Å². The molecular weight excluding hydrogens is 358 g/mol. The van der Waals surface area contributed by atoms with Crippen LogP contribution < -0.4 is 4.74 Å². The SMILES string of the molecule is COCC(=C=CC[C@H](O)c1ccccc1OCCO)C[C@H](O)c1ccccn1. The minimum absolute atomic E-state index is 0.0912. The van der Waals surface area contributed by atoms with E-state index in [0.29, 0.717) is 36.5 Å². The maximum absolute atomic E-state index is 10.5. The Morgan fingerprint density at radius 2 is 1.93 bits per heavy atom. The third-order valence-corrected chi connectivity index (χ3v) is 4.06. The zero-order valence-electron chi connectivity index (χ0n) is 16.0. The minimum Gasteiger partial charge on any atom is -0.491 e. The zero-order chi connectivity index (χ0) is 20.2. The molecule has 2 aromatic rings. The van der Waals surface area contributed by atoms with Crippen LogP contribution in [0.4, 0.5) is 0 Å². The van der Waals surface area contributed by atoms with Gasteiger partial charge in [-0.2, -0.15) is 0 Å². The monoisotopic (exact) mass is 385 g/mol. The van der Waals surface area contributed by atoms with E-state index in [1.807, 2.05) is 18.2 Å². The number of methoxy groups -OCH3 is 1. The van der Waals surface area contributed by atoms with Crippen molar-refractivity contribution in [2.45, 2.75) is 25.0 Å². The van der Waals surface area contributed by atoms with Gasteiger partial charge >= 0.3 is 0 Å². The number of aliphatic hydroxyl groups excluding tert-OH is 3. The van der Waals surface area contributed by atoms with Crippen LogP contribution in [0.5, 0.6) is 5.75 Å². The number of hydrogen-bond acceptors (Lipinski definition) is 6. The second-order valence-corrected chi connectivity index (χ2v) is 6.22. The van der Waals surface area contributed by atoms with Crippen molar-refractivity contribution in [1.82, 2.24) is 4.98 Å². The van der Waals surface area contributed by atoms with Gasteiger partial charge in [-0.1, -0.05) is 24.3 Å². The predicted molar refractivity (Wildman–Crippen MR) is 106 cm³/mol. The molecule has 2 atom stereocenters. The summed E-state index contributed by atoms with van der Waals surface area (Å²) in [7, 11) is 1.58. The summed E-state index contributed by atoms with van der Waals surface area (Å²) in [5.74, 6) is 0.545. The smallest absolute Gasteiger partial charge is 0.125 e. The molecule has 0 amide bonds. The summed E-state index contributed by atoms with van der Waals surface area (Å²) < 4.78 is 10.7. The average molecular weight is 385 g/mol. The van der Waals surface area contributed by atoms with Crippen molar-refractivity contribution < 1.29 is 24.8 Å². The fraction of sp³-hybridized carbons (Fsp3) is 0.364. The van der Waals surface area contributed by atoms with E-state index in [-0.39, 0.29) is 13.2 Å². The van der Waals surface area contributed by atoms with Crippen molar-refractivity contribution in [2.75, 3.05) is 26.9 Å². The Balaban J connectivity index is 2.06. The minimum atomic E-state index is -0.771. The van der Waals surface area contributed by atoms with Crippen LogP contribution >= 0.6 is 0 Å². The molecule has 0 saturated heterocycles. The third-order valence-electron chi connectivity index (χ3n) is 4.06. The van der Waals surface area contributed by atoms with Gasteiger partial charge in [0.2, 0.25) is 0 Å². The summed E-state index contributed by atoms with van der Waals surface area (Å²) >= 11 is 0. The van der Waals surface area contributed by atoms with Crippen LogP contribution in [-0.4, -0.2) is 47.2 Å². The van der Waals surface area contributed by atoms with Crippen molar-refractivity contribution in [3.8, 4) is 5.75 Å². The molecule has 3 N–H and O–H groups in total. The van der Waals surface area contributed by atoms with Crippen molar-refractivity contribution in [3.05, 3.63) is 77.3 Å². The van der Waals surface area contributed by atoms with E-state index in [4.69, 9.17) is 14.6 Å². The maximum Gasteiger partial charge on any atom is 0.125 e. The molecule has 150 valence electrons. The molecule has 1 heterocycles. The lowest BCUT2D eigenvalue weighted by Crippen LogP contribution is -2.06. The van der Waals surface area contributed by atoms with E-state index in [0.717, 1.165) is 5.57 Å². The van der Waals surface area contributed by atoms with Crippen LogP contribution in [0.2, 0.25) is 0 Å². The van der Waals surface area contributed by atoms with Crippen LogP contribution in [0.1, 0.15) is 36.3 Å². The first-order valence-corrected chi connectivity index (χ1v) is 9.17. The number of para-hydroxylation sites is 1. The second-order valence-electron chi connectivity index (χ2n) is 6.22. The van der Waals surface area contributed by atoms with Gasteiger partial charge in [0.25, 0.3) is 0 Å². The van der Waals surface area contributed by atoms with Crippen LogP contribution in [0, 0.1) is 0 Å². The molecule has 28 heavy (non-hydrogen) atoms. The van der Waals surface area contributed by atoms with E-state index in [1.54, 1.807) is 43.6 Å². The topological polar surface area (TPSA) is 92.0 Å². The average Bonchev–Trinajstić information content (AvgIpc) is 2.73. The van der Waals surface area contributed by atoms with E-state index in [1.165, 1.54) is 0 Å². The van der Waals surface area contributed by atoms with Gasteiger partial charge in [0.1, 0.15) is 18.5 Å². The van der Waals surface area contributed by atoms with Crippen molar-refractivity contribution >= 4 is 0 Å². The molecule has 0 spiro atoms. The summed E-state index contributed by atoms with van der Waals surface area (Å²) in [4.78, 5) is 4.16. The van der Waals surface area contributed by atoms with Gasteiger partial charge in [0.05, 0.1) is 25.0 Å². The Morgan fingerprint density at radius 3 is 2.64 bits per heavy atom. The van der Waals surface area contributed by atoms with Crippen molar-refractivity contribution in [3.63, 3.8) is 0 Å². The number of pyridine rings is 1. The number of aliphatic hydroxyl groups is 3. The van der Waals surface area contributed by atoms with Crippen LogP contribution in [0.25, 0.3) is 0 Å². The largest absolute Gasteiger partial charge is 0.491 e. The number of hydrogen-bond donors (Lipinski definition) is 3. The Bertz CT molecular complexity index is 772. The van der Waals surface area contributed by atoms with Gasteiger partial charge in [-0.15, -0.1) is 5.73 Å². The fourth-order valence-corrected chi connectivity index (χ4v) is 2.73. The van der Waals surface area contributed by atoms with E-state index in [2.05, 4.69) is 10.7 Å². The molecule has 0 fully saturated rings. The highest BCUT2D eigenvalue weighted by Gasteiger charge is 2.13. The molecule has 1 aromatic carbocycles. The molecule has 2 rings (SSSR count). The van der Waals surface area contributed by atoms with Gasteiger partial charge in [0.15, 0.2) is 0 Å². The highest BCUT2D eigenvalue weighted by atomic mass is 16.5. The molecule has 0 aliphatic heterocycles. The van der Waals surface area contributed by atoms with Gasteiger partial charge < -0.3 is 24.8 Å². The van der Waals surface area contributed by atoms with Gasteiger partial charge in [-0.3, -0.25) is 4.98 Å². The van der Waals surface area contributed by atoms with Gasteiger partial charge in [-0.05, 0) is 29.8 Å². The second kappa shape index (κ2) is 12.1. The van der Waals surface area contributed by atoms with Gasteiger partial charge in [-0.25, -0.2) is 0 Å². The lowest BCUT2D eigenvalue weighted by atomic mass is 10.0. The Labute approximate surface area is 165 Å². The molecule has 1 aromatic heterocycles. The fourth-order valence-electron chi connectivity index (χ4n) is 2.73. The zero-order valence-corrected chi connectivity index (χ0v) is 16.0. The van der Waals surface area contributed by atoms with Crippen LogP contribution in [-0.2, 0) is 4.74 Å². The molecule has 0 aliphatic rings. The number of benzene rings is 1. The summed E-state index contributed by atoms with van der Waals surface area (Å²) in [6, 6.07) is 12.6. The number of rotatable bonds is 11. The summed E-state index contributed by atoms with van der Waals surface area (Å²) in [6.07, 6.45) is 2.52. The molecule has 0 unspecified atom stereocenters.